The SMILES string of the molecule is CCCCCCCOc1ccc(C(=O)O)cc1Cl. The molecular weight excluding hydrogens is 252 g/mol. The average Bonchev–Trinajstić information content (AvgIpc) is 2.35. The molecule has 0 atom stereocenters. The van der Waals surface area contributed by atoms with Crippen LogP contribution in [-0.4, -0.2) is 17.7 Å². The highest BCUT2D eigenvalue weighted by atomic mass is 35.5. The van der Waals surface area contributed by atoms with Crippen molar-refractivity contribution >= 4 is 17.6 Å². The normalized spacial score (nSPS) is 10.3. The molecule has 0 aliphatic heterocycles. The van der Waals surface area contributed by atoms with Gasteiger partial charge in [0.25, 0.3) is 0 Å². The van der Waals surface area contributed by atoms with E-state index in [0.29, 0.717) is 17.4 Å². The van der Waals surface area contributed by atoms with Crippen LogP contribution in [0.1, 0.15) is 49.4 Å². The molecule has 0 saturated heterocycles. The molecule has 0 bridgehead atoms. The van der Waals surface area contributed by atoms with E-state index in [1.807, 2.05) is 0 Å². The minimum atomic E-state index is -0.983. The number of aromatic carboxylic acids is 1. The maximum absolute atomic E-state index is 10.7. The molecule has 1 N–H and O–H groups in total. The van der Waals surface area contributed by atoms with Crippen molar-refractivity contribution in [2.24, 2.45) is 0 Å². The number of carboxylic acids is 1. The lowest BCUT2D eigenvalue weighted by Gasteiger charge is -2.08. The van der Waals surface area contributed by atoms with Gasteiger partial charge in [-0.15, -0.1) is 0 Å². The van der Waals surface area contributed by atoms with Gasteiger partial charge in [0.05, 0.1) is 17.2 Å². The van der Waals surface area contributed by atoms with E-state index in [0.717, 1.165) is 12.8 Å². The summed E-state index contributed by atoms with van der Waals surface area (Å²) in [6, 6.07) is 4.52. The predicted molar refractivity (Wildman–Crippen MR) is 72.7 cm³/mol. The summed E-state index contributed by atoms with van der Waals surface area (Å²) in [5, 5.41) is 9.15. The van der Waals surface area contributed by atoms with Gasteiger partial charge in [-0.25, -0.2) is 4.79 Å². The molecule has 0 aliphatic carbocycles. The summed E-state index contributed by atoms with van der Waals surface area (Å²) < 4.78 is 5.53. The Bertz CT molecular complexity index is 391. The quantitative estimate of drug-likeness (QED) is 0.713. The summed E-state index contributed by atoms with van der Waals surface area (Å²) in [6.45, 7) is 2.80. The smallest absolute Gasteiger partial charge is 0.335 e. The van der Waals surface area contributed by atoms with Gasteiger partial charge in [0, 0.05) is 0 Å². The molecule has 0 spiro atoms. The maximum atomic E-state index is 10.7. The third-order valence-electron chi connectivity index (χ3n) is 2.68. The van der Waals surface area contributed by atoms with Crippen molar-refractivity contribution in [3.8, 4) is 5.75 Å². The highest BCUT2D eigenvalue weighted by Gasteiger charge is 2.07. The zero-order valence-corrected chi connectivity index (χ0v) is 11.4. The fraction of sp³-hybridized carbons (Fsp3) is 0.500. The Kier molecular flexibility index (Phi) is 6.58. The molecule has 100 valence electrons. The molecule has 0 amide bonds. The third-order valence-corrected chi connectivity index (χ3v) is 2.98. The van der Waals surface area contributed by atoms with Crippen molar-refractivity contribution in [2.75, 3.05) is 6.61 Å². The number of benzene rings is 1. The fourth-order valence-electron chi connectivity index (χ4n) is 1.64. The van der Waals surface area contributed by atoms with Crippen LogP contribution in [0.25, 0.3) is 0 Å². The summed E-state index contributed by atoms with van der Waals surface area (Å²) in [7, 11) is 0. The number of carbonyl (C=O) groups is 1. The largest absolute Gasteiger partial charge is 0.492 e. The molecule has 3 nitrogen and oxygen atoms in total. The maximum Gasteiger partial charge on any atom is 0.335 e. The van der Waals surface area contributed by atoms with Gasteiger partial charge in [-0.1, -0.05) is 44.2 Å². The van der Waals surface area contributed by atoms with Crippen LogP contribution >= 0.6 is 11.6 Å². The van der Waals surface area contributed by atoms with Gasteiger partial charge in [0.2, 0.25) is 0 Å². The molecule has 0 unspecified atom stereocenters. The summed E-state index contributed by atoms with van der Waals surface area (Å²) >= 11 is 5.95. The predicted octanol–water partition coefficient (Wildman–Crippen LogP) is 4.39. The second-order valence-corrected chi connectivity index (χ2v) is 4.62. The van der Waals surface area contributed by atoms with Crippen LogP contribution in [0.4, 0.5) is 0 Å². The van der Waals surface area contributed by atoms with Gasteiger partial charge in [-0.05, 0) is 24.6 Å². The zero-order valence-electron chi connectivity index (χ0n) is 10.6. The Hall–Kier alpha value is -1.22. The van der Waals surface area contributed by atoms with E-state index in [4.69, 9.17) is 21.4 Å². The average molecular weight is 271 g/mol. The molecule has 1 aromatic rings. The number of unbranched alkanes of at least 4 members (excludes halogenated alkanes) is 4. The Labute approximate surface area is 113 Å². The van der Waals surface area contributed by atoms with Gasteiger partial charge in [0.15, 0.2) is 0 Å². The van der Waals surface area contributed by atoms with E-state index in [1.54, 1.807) is 6.07 Å². The Morgan fingerprint density at radius 3 is 2.61 bits per heavy atom. The molecule has 0 aromatic heterocycles. The molecule has 4 heteroatoms. The van der Waals surface area contributed by atoms with E-state index in [2.05, 4.69) is 6.92 Å². The highest BCUT2D eigenvalue weighted by Crippen LogP contribution is 2.25. The van der Waals surface area contributed by atoms with E-state index in [-0.39, 0.29) is 5.56 Å². The van der Waals surface area contributed by atoms with E-state index in [1.165, 1.54) is 31.4 Å². The molecular formula is C14H19ClO3. The van der Waals surface area contributed by atoms with Crippen molar-refractivity contribution in [1.82, 2.24) is 0 Å². The van der Waals surface area contributed by atoms with Crippen molar-refractivity contribution in [2.45, 2.75) is 39.0 Å². The van der Waals surface area contributed by atoms with Crippen LogP contribution < -0.4 is 4.74 Å². The summed E-state index contributed by atoms with van der Waals surface area (Å²) in [5.74, 6) is -0.430. The van der Waals surface area contributed by atoms with Crippen LogP contribution in [0.5, 0.6) is 5.75 Å². The molecule has 0 heterocycles. The van der Waals surface area contributed by atoms with Crippen LogP contribution in [0.15, 0.2) is 18.2 Å². The molecule has 0 aliphatic rings. The van der Waals surface area contributed by atoms with Gasteiger partial charge in [0.1, 0.15) is 5.75 Å². The molecule has 1 aromatic carbocycles. The van der Waals surface area contributed by atoms with Gasteiger partial charge in [-0.3, -0.25) is 0 Å². The van der Waals surface area contributed by atoms with E-state index < -0.39 is 5.97 Å². The van der Waals surface area contributed by atoms with Crippen molar-refractivity contribution in [3.63, 3.8) is 0 Å². The Morgan fingerprint density at radius 2 is 2.00 bits per heavy atom. The molecule has 1 rings (SSSR count). The Morgan fingerprint density at radius 1 is 1.28 bits per heavy atom. The van der Waals surface area contributed by atoms with Crippen LogP contribution in [0, 0.1) is 0 Å². The molecule has 18 heavy (non-hydrogen) atoms. The first-order valence-electron chi connectivity index (χ1n) is 6.30. The van der Waals surface area contributed by atoms with E-state index in [9.17, 15) is 4.79 Å². The Balaban J connectivity index is 2.36. The van der Waals surface area contributed by atoms with Crippen LogP contribution in [-0.2, 0) is 0 Å². The fourth-order valence-corrected chi connectivity index (χ4v) is 1.87. The van der Waals surface area contributed by atoms with Crippen molar-refractivity contribution in [3.05, 3.63) is 28.8 Å². The summed E-state index contributed by atoms with van der Waals surface area (Å²) in [5.41, 5.74) is 0.176. The standard InChI is InChI=1S/C14H19ClO3/c1-2-3-4-5-6-9-18-13-8-7-11(14(16)17)10-12(13)15/h7-8,10H,2-6,9H2,1H3,(H,16,17). The van der Waals surface area contributed by atoms with E-state index >= 15 is 0 Å². The second-order valence-electron chi connectivity index (χ2n) is 4.21. The first kappa shape index (κ1) is 14.8. The number of hydrogen-bond acceptors (Lipinski definition) is 2. The van der Waals surface area contributed by atoms with Crippen LogP contribution in [0.2, 0.25) is 5.02 Å². The van der Waals surface area contributed by atoms with Gasteiger partial charge >= 0.3 is 5.97 Å². The number of ether oxygens (including phenoxy) is 1. The second kappa shape index (κ2) is 7.98. The lowest BCUT2D eigenvalue weighted by molar-refractivity contribution is 0.0697. The zero-order chi connectivity index (χ0) is 13.4. The summed E-state index contributed by atoms with van der Waals surface area (Å²) in [6.07, 6.45) is 5.86. The number of halogens is 1. The van der Waals surface area contributed by atoms with Gasteiger partial charge < -0.3 is 9.84 Å². The monoisotopic (exact) mass is 270 g/mol. The first-order valence-corrected chi connectivity index (χ1v) is 6.68. The summed E-state index contributed by atoms with van der Waals surface area (Å²) in [4.78, 5) is 10.7. The van der Waals surface area contributed by atoms with Crippen molar-refractivity contribution in [1.29, 1.82) is 0 Å². The number of rotatable bonds is 8. The van der Waals surface area contributed by atoms with Gasteiger partial charge in [-0.2, -0.15) is 0 Å². The lowest BCUT2D eigenvalue weighted by Crippen LogP contribution is -2.00. The van der Waals surface area contributed by atoms with Crippen molar-refractivity contribution < 1.29 is 14.6 Å². The molecule has 0 saturated carbocycles. The molecule has 0 radical (unpaired) electrons. The minimum absolute atomic E-state index is 0.176. The number of hydrogen-bond donors (Lipinski definition) is 1. The first-order chi connectivity index (χ1) is 8.65. The minimum Gasteiger partial charge on any atom is -0.492 e. The lowest BCUT2D eigenvalue weighted by atomic mass is 10.2. The van der Waals surface area contributed by atoms with Crippen LogP contribution in [0.3, 0.4) is 0 Å². The number of carboxylic acid groups (broad SMARTS) is 1. The third kappa shape index (κ3) is 4.96. The highest BCUT2D eigenvalue weighted by molar-refractivity contribution is 6.32. The topological polar surface area (TPSA) is 46.5 Å². The molecule has 0 fully saturated rings.